The largest absolute Gasteiger partial charge is 0.392 e. The number of amides is 1. The molecule has 1 aromatic carbocycles. The summed E-state index contributed by atoms with van der Waals surface area (Å²) < 4.78 is 2.09. The molecule has 0 unspecified atom stereocenters. The molecule has 3 N–H and O–H groups in total. The normalized spacial score (nSPS) is 22.5. The first-order valence-corrected chi connectivity index (χ1v) is 8.74. The van der Waals surface area contributed by atoms with Crippen LogP contribution in [0.2, 0.25) is 0 Å². The Kier molecular flexibility index (Phi) is 4.27. The third-order valence-corrected chi connectivity index (χ3v) is 5.08. The summed E-state index contributed by atoms with van der Waals surface area (Å²) in [5, 5.41) is 29.9. The molecule has 2 aromatic rings. The quantitative estimate of drug-likeness (QED) is 0.734. The lowest BCUT2D eigenvalue weighted by Crippen LogP contribution is -2.44. The highest BCUT2D eigenvalue weighted by molar-refractivity contribution is 5.94. The highest BCUT2D eigenvalue weighted by Crippen LogP contribution is 2.42. The van der Waals surface area contributed by atoms with E-state index in [0.717, 1.165) is 37.1 Å². The van der Waals surface area contributed by atoms with Crippen LogP contribution in [-0.2, 0) is 13.2 Å². The minimum Gasteiger partial charge on any atom is -0.392 e. The van der Waals surface area contributed by atoms with Crippen LogP contribution in [0, 0.1) is 0 Å². The molecule has 2 saturated carbocycles. The van der Waals surface area contributed by atoms with E-state index in [-0.39, 0.29) is 31.1 Å². The molecule has 1 heterocycles. The SMILES string of the molecule is O=C(NC1CC(c2nnc(CO)n2C2CC2)C1)c1ccc(CO)cc1. The number of carbonyl (C=O) groups excluding carboxylic acids is 1. The first-order valence-electron chi connectivity index (χ1n) is 8.74. The number of aromatic nitrogens is 3. The molecule has 2 aliphatic rings. The van der Waals surface area contributed by atoms with E-state index in [1.54, 1.807) is 24.3 Å². The van der Waals surface area contributed by atoms with Crippen LogP contribution in [0.4, 0.5) is 0 Å². The van der Waals surface area contributed by atoms with Crippen molar-refractivity contribution in [3.63, 3.8) is 0 Å². The number of aliphatic hydroxyl groups is 2. The predicted molar refractivity (Wildman–Crippen MR) is 89.8 cm³/mol. The van der Waals surface area contributed by atoms with Gasteiger partial charge in [0.25, 0.3) is 5.91 Å². The Balaban J connectivity index is 1.36. The smallest absolute Gasteiger partial charge is 0.251 e. The van der Waals surface area contributed by atoms with Crippen LogP contribution in [0.15, 0.2) is 24.3 Å². The van der Waals surface area contributed by atoms with Gasteiger partial charge in [0.2, 0.25) is 0 Å². The van der Waals surface area contributed by atoms with Gasteiger partial charge in [0, 0.05) is 23.6 Å². The van der Waals surface area contributed by atoms with Gasteiger partial charge < -0.3 is 20.1 Å². The van der Waals surface area contributed by atoms with E-state index in [1.165, 1.54) is 0 Å². The fraction of sp³-hybridized carbons (Fsp3) is 0.500. The van der Waals surface area contributed by atoms with Crippen molar-refractivity contribution in [2.45, 2.75) is 56.9 Å². The van der Waals surface area contributed by atoms with Crippen LogP contribution in [0.1, 0.15) is 65.2 Å². The Labute approximate surface area is 145 Å². The maximum Gasteiger partial charge on any atom is 0.251 e. The Morgan fingerprint density at radius 3 is 2.44 bits per heavy atom. The van der Waals surface area contributed by atoms with Gasteiger partial charge in [-0.05, 0) is 43.4 Å². The standard InChI is InChI=1S/C18H22N4O3/c23-9-11-1-3-12(4-2-11)18(25)19-14-7-13(8-14)17-21-20-16(10-24)22(17)15-5-6-15/h1-4,13-15,23-24H,5-10H2,(H,19,25). The zero-order valence-electron chi connectivity index (χ0n) is 13.9. The molecule has 25 heavy (non-hydrogen) atoms. The Morgan fingerprint density at radius 1 is 1.12 bits per heavy atom. The van der Waals surface area contributed by atoms with E-state index >= 15 is 0 Å². The van der Waals surface area contributed by atoms with Gasteiger partial charge in [-0.15, -0.1) is 10.2 Å². The predicted octanol–water partition coefficient (Wildman–Crippen LogP) is 1.27. The maximum atomic E-state index is 12.3. The van der Waals surface area contributed by atoms with Crippen LogP contribution in [0.25, 0.3) is 0 Å². The minimum absolute atomic E-state index is 0.0241. The van der Waals surface area contributed by atoms with Crippen molar-refractivity contribution in [3.05, 3.63) is 47.0 Å². The fourth-order valence-electron chi connectivity index (χ4n) is 3.43. The second-order valence-electron chi connectivity index (χ2n) is 6.93. The molecule has 1 aromatic heterocycles. The van der Waals surface area contributed by atoms with Crippen molar-refractivity contribution >= 4 is 5.91 Å². The zero-order chi connectivity index (χ0) is 17.4. The van der Waals surface area contributed by atoms with E-state index in [2.05, 4.69) is 20.1 Å². The number of nitrogens with zero attached hydrogens (tertiary/aromatic N) is 3. The highest BCUT2D eigenvalue weighted by Gasteiger charge is 2.38. The summed E-state index contributed by atoms with van der Waals surface area (Å²) in [6.07, 6.45) is 3.93. The number of carbonyl (C=O) groups is 1. The maximum absolute atomic E-state index is 12.3. The van der Waals surface area contributed by atoms with E-state index in [1.807, 2.05) is 0 Å². The molecular weight excluding hydrogens is 320 g/mol. The van der Waals surface area contributed by atoms with Crippen molar-refractivity contribution < 1.29 is 15.0 Å². The summed E-state index contributed by atoms with van der Waals surface area (Å²) in [4.78, 5) is 12.3. The highest BCUT2D eigenvalue weighted by atomic mass is 16.3. The van der Waals surface area contributed by atoms with Gasteiger partial charge in [-0.25, -0.2) is 0 Å². The van der Waals surface area contributed by atoms with E-state index in [0.29, 0.717) is 17.4 Å². The molecular formula is C18H22N4O3. The molecule has 1 amide bonds. The van der Waals surface area contributed by atoms with Gasteiger partial charge in [-0.2, -0.15) is 0 Å². The first kappa shape index (κ1) is 16.2. The van der Waals surface area contributed by atoms with E-state index < -0.39 is 0 Å². The molecule has 7 heteroatoms. The average molecular weight is 342 g/mol. The molecule has 4 rings (SSSR count). The van der Waals surface area contributed by atoms with Gasteiger partial charge in [-0.1, -0.05) is 12.1 Å². The van der Waals surface area contributed by atoms with Crippen LogP contribution < -0.4 is 5.32 Å². The number of aliphatic hydroxyl groups excluding tert-OH is 2. The lowest BCUT2D eigenvalue weighted by molar-refractivity contribution is 0.0906. The van der Waals surface area contributed by atoms with Gasteiger partial charge in [0.05, 0.1) is 6.61 Å². The summed E-state index contributed by atoms with van der Waals surface area (Å²) in [5.74, 6) is 1.79. The molecule has 2 aliphatic carbocycles. The average Bonchev–Trinajstić information content (AvgIpc) is 3.36. The van der Waals surface area contributed by atoms with Gasteiger partial charge in [0.1, 0.15) is 12.4 Å². The number of benzene rings is 1. The second-order valence-corrected chi connectivity index (χ2v) is 6.93. The summed E-state index contributed by atoms with van der Waals surface area (Å²) >= 11 is 0. The molecule has 0 spiro atoms. The van der Waals surface area contributed by atoms with E-state index in [4.69, 9.17) is 5.11 Å². The van der Waals surface area contributed by atoms with Crippen molar-refractivity contribution in [2.24, 2.45) is 0 Å². The Hall–Kier alpha value is -2.25. The molecule has 2 fully saturated rings. The molecule has 0 bridgehead atoms. The number of hydrogen-bond donors (Lipinski definition) is 3. The van der Waals surface area contributed by atoms with Crippen LogP contribution in [0.3, 0.4) is 0 Å². The molecule has 0 radical (unpaired) electrons. The van der Waals surface area contributed by atoms with Crippen molar-refractivity contribution in [1.29, 1.82) is 0 Å². The van der Waals surface area contributed by atoms with Gasteiger partial charge in [-0.3, -0.25) is 4.79 Å². The van der Waals surface area contributed by atoms with E-state index in [9.17, 15) is 9.90 Å². The minimum atomic E-state index is -0.0901. The van der Waals surface area contributed by atoms with Crippen molar-refractivity contribution in [3.8, 4) is 0 Å². The third kappa shape index (κ3) is 3.17. The number of rotatable bonds is 6. The number of hydrogen-bond acceptors (Lipinski definition) is 5. The van der Waals surface area contributed by atoms with Gasteiger partial charge in [0.15, 0.2) is 5.82 Å². The van der Waals surface area contributed by atoms with Crippen molar-refractivity contribution in [1.82, 2.24) is 20.1 Å². The summed E-state index contributed by atoms with van der Waals surface area (Å²) in [5.41, 5.74) is 1.39. The number of nitrogens with one attached hydrogen (secondary N) is 1. The summed E-state index contributed by atoms with van der Waals surface area (Å²) in [6.45, 7) is -0.107. The van der Waals surface area contributed by atoms with Crippen LogP contribution >= 0.6 is 0 Å². The van der Waals surface area contributed by atoms with Crippen LogP contribution in [-0.4, -0.2) is 36.9 Å². The monoisotopic (exact) mass is 342 g/mol. The fourth-order valence-corrected chi connectivity index (χ4v) is 3.43. The molecule has 0 saturated heterocycles. The zero-order valence-corrected chi connectivity index (χ0v) is 13.9. The first-order chi connectivity index (χ1) is 12.2. The lowest BCUT2D eigenvalue weighted by atomic mass is 9.79. The molecule has 0 aliphatic heterocycles. The Bertz CT molecular complexity index is 761. The topological polar surface area (TPSA) is 100 Å². The van der Waals surface area contributed by atoms with Gasteiger partial charge >= 0.3 is 0 Å². The Morgan fingerprint density at radius 2 is 1.84 bits per heavy atom. The molecule has 0 atom stereocenters. The third-order valence-electron chi connectivity index (χ3n) is 5.08. The second kappa shape index (κ2) is 6.57. The summed E-state index contributed by atoms with van der Waals surface area (Å²) in [7, 11) is 0. The molecule has 7 nitrogen and oxygen atoms in total. The van der Waals surface area contributed by atoms with Crippen LogP contribution in [0.5, 0.6) is 0 Å². The molecule has 132 valence electrons. The van der Waals surface area contributed by atoms with Crippen molar-refractivity contribution in [2.75, 3.05) is 0 Å². The summed E-state index contributed by atoms with van der Waals surface area (Å²) in [6, 6.07) is 7.55. The lowest BCUT2D eigenvalue weighted by Gasteiger charge is -2.35.